The maximum atomic E-state index is 12.8. The molecular formula is C16H15N5O2. The summed E-state index contributed by atoms with van der Waals surface area (Å²) in [5.74, 6) is 0.106. The number of hydrogen-bond donors (Lipinski definition) is 2. The second-order valence-corrected chi connectivity index (χ2v) is 5.70. The predicted octanol–water partition coefficient (Wildman–Crippen LogP) is 1.28. The summed E-state index contributed by atoms with van der Waals surface area (Å²) in [7, 11) is 0. The molecule has 7 heteroatoms. The zero-order valence-electron chi connectivity index (χ0n) is 12.3. The Morgan fingerprint density at radius 2 is 2.00 bits per heavy atom. The van der Waals surface area contributed by atoms with Crippen molar-refractivity contribution in [1.82, 2.24) is 25.3 Å². The van der Waals surface area contributed by atoms with Crippen LogP contribution in [-0.4, -0.2) is 44.3 Å². The normalized spacial score (nSPS) is 17.7. The summed E-state index contributed by atoms with van der Waals surface area (Å²) >= 11 is 0. The Hall–Kier alpha value is -2.96. The third kappa shape index (κ3) is 2.30. The third-order valence-electron chi connectivity index (χ3n) is 4.34. The molecule has 0 unspecified atom stereocenters. The van der Waals surface area contributed by atoms with Gasteiger partial charge in [-0.3, -0.25) is 14.7 Å². The van der Waals surface area contributed by atoms with Crippen molar-refractivity contribution in [2.45, 2.75) is 12.3 Å². The maximum absolute atomic E-state index is 12.8. The summed E-state index contributed by atoms with van der Waals surface area (Å²) in [5, 5.41) is 14.4. The Morgan fingerprint density at radius 1 is 1.17 bits per heavy atom. The van der Waals surface area contributed by atoms with E-state index in [1.165, 1.54) is 0 Å². The molecular weight excluding hydrogens is 294 g/mol. The molecule has 1 atom stereocenters. The van der Waals surface area contributed by atoms with E-state index in [0.717, 1.165) is 12.1 Å². The van der Waals surface area contributed by atoms with Crippen LogP contribution in [0, 0.1) is 0 Å². The van der Waals surface area contributed by atoms with Gasteiger partial charge in [-0.2, -0.15) is 10.2 Å². The van der Waals surface area contributed by atoms with Crippen LogP contribution >= 0.6 is 0 Å². The van der Waals surface area contributed by atoms with E-state index in [0.29, 0.717) is 29.6 Å². The van der Waals surface area contributed by atoms with Crippen molar-refractivity contribution >= 4 is 16.7 Å². The Balaban J connectivity index is 1.66. The van der Waals surface area contributed by atoms with Crippen LogP contribution in [0.15, 0.2) is 41.3 Å². The standard InChI is InChI=1S/C16H15N5O2/c22-15-12-4-2-1-3-11(12)14(19-20-15)16(23)21-8-6-10(9-21)13-5-7-17-18-13/h1-5,7,10H,6,8-9H2,(H,17,18)(H,20,22)/t10-/m1/s1. The van der Waals surface area contributed by atoms with Crippen LogP contribution in [0.3, 0.4) is 0 Å². The summed E-state index contributed by atoms with van der Waals surface area (Å²) in [6.45, 7) is 1.29. The Bertz CT molecular complexity index is 916. The lowest BCUT2D eigenvalue weighted by molar-refractivity contribution is 0.0786. The molecule has 3 aromatic rings. The fraction of sp³-hybridized carbons (Fsp3) is 0.250. The van der Waals surface area contributed by atoms with Gasteiger partial charge in [0.2, 0.25) is 0 Å². The number of aromatic nitrogens is 4. The van der Waals surface area contributed by atoms with Gasteiger partial charge in [-0.25, -0.2) is 5.10 Å². The maximum Gasteiger partial charge on any atom is 0.274 e. The minimum absolute atomic E-state index is 0.153. The third-order valence-corrected chi connectivity index (χ3v) is 4.34. The van der Waals surface area contributed by atoms with Gasteiger partial charge in [0.25, 0.3) is 11.5 Å². The molecule has 116 valence electrons. The van der Waals surface area contributed by atoms with Crippen molar-refractivity contribution < 1.29 is 4.79 Å². The van der Waals surface area contributed by atoms with Gasteiger partial charge < -0.3 is 4.90 Å². The summed E-state index contributed by atoms with van der Waals surface area (Å²) < 4.78 is 0. The van der Waals surface area contributed by atoms with E-state index in [-0.39, 0.29) is 17.4 Å². The number of fused-ring (bicyclic) bond motifs is 1. The molecule has 4 rings (SSSR count). The molecule has 0 saturated carbocycles. The van der Waals surface area contributed by atoms with E-state index in [9.17, 15) is 9.59 Å². The number of rotatable bonds is 2. The second-order valence-electron chi connectivity index (χ2n) is 5.70. The van der Waals surface area contributed by atoms with E-state index in [2.05, 4.69) is 20.4 Å². The van der Waals surface area contributed by atoms with Gasteiger partial charge >= 0.3 is 0 Å². The number of benzene rings is 1. The monoisotopic (exact) mass is 309 g/mol. The molecule has 0 spiro atoms. The van der Waals surface area contributed by atoms with Gasteiger partial charge in [0.1, 0.15) is 0 Å². The number of hydrogen-bond acceptors (Lipinski definition) is 4. The Labute approximate surface area is 131 Å². The SMILES string of the molecule is O=C(c1n[nH]c(=O)c2ccccc12)N1CC[C@@H](c2ccn[nH]2)C1. The highest BCUT2D eigenvalue weighted by molar-refractivity contribution is 6.04. The van der Waals surface area contributed by atoms with Crippen molar-refractivity contribution in [2.75, 3.05) is 13.1 Å². The van der Waals surface area contributed by atoms with Crippen LogP contribution in [0.1, 0.15) is 28.5 Å². The Morgan fingerprint density at radius 3 is 2.78 bits per heavy atom. The zero-order valence-corrected chi connectivity index (χ0v) is 12.3. The van der Waals surface area contributed by atoms with Gasteiger partial charge in [-0.1, -0.05) is 18.2 Å². The molecule has 3 heterocycles. The van der Waals surface area contributed by atoms with Gasteiger partial charge in [0.05, 0.1) is 5.39 Å². The fourth-order valence-electron chi connectivity index (χ4n) is 3.12. The first-order chi connectivity index (χ1) is 11.2. The van der Waals surface area contributed by atoms with E-state index >= 15 is 0 Å². The van der Waals surface area contributed by atoms with Crippen molar-refractivity contribution in [3.63, 3.8) is 0 Å². The lowest BCUT2D eigenvalue weighted by Crippen LogP contribution is -2.30. The first-order valence-electron chi connectivity index (χ1n) is 7.50. The molecule has 2 aromatic heterocycles. The molecule has 0 aliphatic carbocycles. The highest BCUT2D eigenvalue weighted by Crippen LogP contribution is 2.27. The number of carbonyl (C=O) groups is 1. The van der Waals surface area contributed by atoms with Crippen LogP contribution in [0.2, 0.25) is 0 Å². The fourth-order valence-corrected chi connectivity index (χ4v) is 3.12. The quantitative estimate of drug-likeness (QED) is 0.745. The van der Waals surface area contributed by atoms with Crippen LogP contribution in [0.4, 0.5) is 0 Å². The molecule has 23 heavy (non-hydrogen) atoms. The number of nitrogens with one attached hydrogen (secondary N) is 2. The number of H-pyrrole nitrogens is 2. The van der Waals surface area contributed by atoms with Crippen molar-refractivity contribution in [3.05, 3.63) is 58.3 Å². The minimum Gasteiger partial charge on any atom is -0.337 e. The van der Waals surface area contributed by atoms with Crippen LogP contribution in [-0.2, 0) is 0 Å². The van der Waals surface area contributed by atoms with E-state index in [1.54, 1.807) is 35.4 Å². The number of carbonyl (C=O) groups excluding carboxylic acids is 1. The number of aromatic amines is 2. The van der Waals surface area contributed by atoms with Crippen molar-refractivity contribution in [2.24, 2.45) is 0 Å². The van der Waals surface area contributed by atoms with Crippen molar-refractivity contribution in [1.29, 1.82) is 0 Å². The highest BCUT2D eigenvalue weighted by Gasteiger charge is 2.30. The number of likely N-dealkylation sites (tertiary alicyclic amines) is 1. The lowest BCUT2D eigenvalue weighted by Gasteiger charge is -2.16. The second kappa shape index (κ2) is 5.35. The average Bonchev–Trinajstić information content (AvgIpc) is 3.26. The van der Waals surface area contributed by atoms with E-state index in [1.807, 2.05) is 6.07 Å². The summed E-state index contributed by atoms with van der Waals surface area (Å²) in [6.07, 6.45) is 2.60. The van der Waals surface area contributed by atoms with Gasteiger partial charge in [-0.15, -0.1) is 0 Å². The molecule has 1 aliphatic rings. The summed E-state index contributed by atoms with van der Waals surface area (Å²) in [5.41, 5.74) is 1.05. The molecule has 0 radical (unpaired) electrons. The number of nitrogens with zero attached hydrogens (tertiary/aromatic N) is 3. The van der Waals surface area contributed by atoms with Gasteiger partial charge in [0, 0.05) is 36.3 Å². The molecule has 1 aromatic carbocycles. The molecule has 1 aliphatic heterocycles. The topological polar surface area (TPSA) is 94.7 Å². The van der Waals surface area contributed by atoms with Crippen LogP contribution < -0.4 is 5.56 Å². The average molecular weight is 309 g/mol. The first-order valence-corrected chi connectivity index (χ1v) is 7.50. The molecule has 1 saturated heterocycles. The van der Waals surface area contributed by atoms with Gasteiger partial charge in [0.15, 0.2) is 5.69 Å². The van der Waals surface area contributed by atoms with Crippen molar-refractivity contribution in [3.8, 4) is 0 Å². The lowest BCUT2D eigenvalue weighted by atomic mass is 10.1. The molecule has 0 bridgehead atoms. The first kappa shape index (κ1) is 13.7. The highest BCUT2D eigenvalue weighted by atomic mass is 16.2. The summed E-state index contributed by atoms with van der Waals surface area (Å²) in [4.78, 5) is 26.4. The summed E-state index contributed by atoms with van der Waals surface area (Å²) in [6, 6.07) is 8.97. The van der Waals surface area contributed by atoms with Crippen LogP contribution in [0.25, 0.3) is 10.8 Å². The zero-order chi connectivity index (χ0) is 15.8. The molecule has 1 amide bonds. The Kier molecular flexibility index (Phi) is 3.18. The molecule has 7 nitrogen and oxygen atoms in total. The van der Waals surface area contributed by atoms with E-state index in [4.69, 9.17) is 0 Å². The largest absolute Gasteiger partial charge is 0.337 e. The number of amides is 1. The van der Waals surface area contributed by atoms with Crippen LogP contribution in [0.5, 0.6) is 0 Å². The minimum atomic E-state index is -0.283. The predicted molar refractivity (Wildman–Crippen MR) is 84.2 cm³/mol. The van der Waals surface area contributed by atoms with E-state index < -0.39 is 0 Å². The molecule has 2 N–H and O–H groups in total. The molecule has 1 fully saturated rings. The van der Waals surface area contributed by atoms with Gasteiger partial charge in [-0.05, 0) is 18.6 Å². The smallest absolute Gasteiger partial charge is 0.274 e.